The van der Waals surface area contributed by atoms with Gasteiger partial charge in [0.15, 0.2) is 0 Å². The fraction of sp³-hybridized carbons (Fsp3) is 0.310. The van der Waals surface area contributed by atoms with Gasteiger partial charge in [0, 0.05) is 22.6 Å². The molecule has 2 amide bonds. The third-order valence-electron chi connectivity index (χ3n) is 6.09. The molecule has 10 heteroatoms. The second-order valence-corrected chi connectivity index (χ2v) is 12.5. The quantitative estimate of drug-likeness (QED) is 0.326. The van der Waals surface area contributed by atoms with Crippen molar-refractivity contribution >= 4 is 50.7 Å². The summed E-state index contributed by atoms with van der Waals surface area (Å²) < 4.78 is 28.7. The second kappa shape index (κ2) is 12.9. The monoisotopic (exact) mass is 589 g/mol. The number of benzene rings is 3. The zero-order chi connectivity index (χ0) is 28.9. The highest BCUT2D eigenvalue weighted by molar-refractivity contribution is 7.92. The molecule has 0 unspecified atom stereocenters. The number of carbonyl (C=O) groups is 2. The Bertz CT molecular complexity index is 1410. The Morgan fingerprint density at radius 3 is 1.87 bits per heavy atom. The molecule has 7 nitrogen and oxygen atoms in total. The fourth-order valence-electron chi connectivity index (χ4n) is 3.93. The van der Waals surface area contributed by atoms with Crippen LogP contribution in [0.1, 0.15) is 37.5 Å². The Morgan fingerprint density at radius 2 is 1.36 bits per heavy atom. The maximum Gasteiger partial charge on any atom is 0.264 e. The summed E-state index contributed by atoms with van der Waals surface area (Å²) in [6.07, 6.45) is 0. The minimum absolute atomic E-state index is 0.00711. The summed E-state index contributed by atoms with van der Waals surface area (Å²) in [6.45, 7) is 8.62. The van der Waals surface area contributed by atoms with Gasteiger partial charge in [-0.3, -0.25) is 13.9 Å². The molecule has 0 aliphatic carbocycles. The van der Waals surface area contributed by atoms with Gasteiger partial charge in [-0.1, -0.05) is 70.7 Å². The minimum Gasteiger partial charge on any atom is -0.352 e. The number of sulfonamides is 1. The van der Waals surface area contributed by atoms with Crippen LogP contribution in [0.5, 0.6) is 0 Å². The van der Waals surface area contributed by atoms with Gasteiger partial charge >= 0.3 is 0 Å². The van der Waals surface area contributed by atoms with Crippen LogP contribution in [0, 0.1) is 13.8 Å². The van der Waals surface area contributed by atoms with E-state index in [0.29, 0.717) is 0 Å². The van der Waals surface area contributed by atoms with Gasteiger partial charge in [-0.25, -0.2) is 8.42 Å². The molecule has 0 spiro atoms. The van der Waals surface area contributed by atoms with Crippen LogP contribution in [-0.2, 0) is 26.2 Å². The van der Waals surface area contributed by atoms with Crippen LogP contribution in [0.25, 0.3) is 0 Å². The Morgan fingerprint density at radius 1 is 0.846 bits per heavy atom. The van der Waals surface area contributed by atoms with Crippen LogP contribution >= 0.6 is 23.2 Å². The number of halogens is 2. The number of aryl methyl sites for hydroxylation is 2. The van der Waals surface area contributed by atoms with Gasteiger partial charge in [0.25, 0.3) is 10.0 Å². The first-order chi connectivity index (χ1) is 18.3. The summed E-state index contributed by atoms with van der Waals surface area (Å²) in [5.74, 6) is -0.905. The number of hydrogen-bond donors (Lipinski definition) is 1. The van der Waals surface area contributed by atoms with E-state index in [1.165, 1.54) is 35.2 Å². The van der Waals surface area contributed by atoms with Crippen molar-refractivity contribution in [3.8, 4) is 0 Å². The summed E-state index contributed by atoms with van der Waals surface area (Å²) in [4.78, 5) is 28.3. The zero-order valence-corrected chi connectivity index (χ0v) is 24.9. The summed E-state index contributed by atoms with van der Waals surface area (Å²) >= 11 is 12.4. The second-order valence-electron chi connectivity index (χ2n) is 9.80. The van der Waals surface area contributed by atoms with Gasteiger partial charge in [-0.05, 0) is 70.5 Å². The predicted molar refractivity (Wildman–Crippen MR) is 157 cm³/mol. The third kappa shape index (κ3) is 7.97. The van der Waals surface area contributed by atoms with Crippen LogP contribution in [0.15, 0.2) is 71.6 Å². The molecular weight excluding hydrogens is 557 g/mol. The predicted octanol–water partition coefficient (Wildman–Crippen LogP) is 5.75. The molecule has 0 aromatic heterocycles. The van der Waals surface area contributed by atoms with Crippen molar-refractivity contribution in [3.63, 3.8) is 0 Å². The summed E-state index contributed by atoms with van der Waals surface area (Å²) in [5, 5.41) is 3.27. The van der Waals surface area contributed by atoms with Crippen LogP contribution in [0.4, 0.5) is 5.69 Å². The molecule has 0 fully saturated rings. The van der Waals surface area contributed by atoms with Crippen molar-refractivity contribution in [2.24, 2.45) is 0 Å². The average Bonchev–Trinajstić information content (AvgIpc) is 2.85. The Kier molecular flexibility index (Phi) is 10.0. The number of nitrogens with zero attached hydrogens (tertiary/aromatic N) is 2. The highest BCUT2D eigenvalue weighted by atomic mass is 35.5. The first-order valence-electron chi connectivity index (χ1n) is 12.5. The zero-order valence-electron chi connectivity index (χ0n) is 22.6. The van der Waals surface area contributed by atoms with Gasteiger partial charge in [-0.2, -0.15) is 0 Å². The van der Waals surface area contributed by atoms with Crippen molar-refractivity contribution in [1.82, 2.24) is 10.2 Å². The van der Waals surface area contributed by atoms with Crippen molar-refractivity contribution in [3.05, 3.63) is 93.5 Å². The van der Waals surface area contributed by atoms with Crippen molar-refractivity contribution in [2.45, 2.75) is 58.1 Å². The van der Waals surface area contributed by atoms with E-state index in [9.17, 15) is 18.0 Å². The lowest BCUT2D eigenvalue weighted by Crippen LogP contribution is -2.52. The Hall–Kier alpha value is -3.07. The van der Waals surface area contributed by atoms with Crippen LogP contribution in [0.2, 0.25) is 10.0 Å². The van der Waals surface area contributed by atoms with Gasteiger partial charge in [0.2, 0.25) is 11.8 Å². The molecule has 3 rings (SSSR count). The lowest BCUT2D eigenvalue weighted by Gasteiger charge is -2.32. The molecule has 3 aromatic carbocycles. The SMILES string of the molecule is Cc1ccc(CN(C(=O)CN(c2cc(Cl)cc(Cl)c2)S(=O)(=O)c2ccc(C)cc2)[C@H](C)C(=O)NC(C)C)cc1. The van der Waals surface area contributed by atoms with Gasteiger partial charge in [-0.15, -0.1) is 0 Å². The van der Waals surface area contributed by atoms with E-state index in [1.54, 1.807) is 19.1 Å². The van der Waals surface area contributed by atoms with Gasteiger partial charge < -0.3 is 10.2 Å². The van der Waals surface area contributed by atoms with E-state index >= 15 is 0 Å². The van der Waals surface area contributed by atoms with Crippen LogP contribution < -0.4 is 9.62 Å². The first kappa shape index (κ1) is 30.5. The van der Waals surface area contributed by atoms with E-state index in [0.717, 1.165) is 21.0 Å². The van der Waals surface area contributed by atoms with E-state index in [1.807, 2.05) is 52.0 Å². The summed E-state index contributed by atoms with van der Waals surface area (Å²) in [5.41, 5.74) is 2.87. The van der Waals surface area contributed by atoms with Crippen molar-refractivity contribution in [1.29, 1.82) is 0 Å². The highest BCUT2D eigenvalue weighted by Gasteiger charge is 2.33. The Balaban J connectivity index is 2.06. The summed E-state index contributed by atoms with van der Waals surface area (Å²) in [7, 11) is -4.21. The van der Waals surface area contributed by atoms with E-state index in [2.05, 4.69) is 5.32 Å². The van der Waals surface area contributed by atoms with E-state index in [-0.39, 0.29) is 39.1 Å². The molecule has 39 heavy (non-hydrogen) atoms. The number of hydrogen-bond acceptors (Lipinski definition) is 4. The maximum atomic E-state index is 13.9. The number of rotatable bonds is 10. The summed E-state index contributed by atoms with van der Waals surface area (Å²) in [6, 6.07) is 17.3. The minimum atomic E-state index is -4.21. The molecule has 0 heterocycles. The molecule has 1 N–H and O–H groups in total. The Labute approximate surface area is 240 Å². The molecule has 0 bridgehead atoms. The molecule has 3 aromatic rings. The normalized spacial score (nSPS) is 12.2. The molecule has 0 radical (unpaired) electrons. The highest BCUT2D eigenvalue weighted by Crippen LogP contribution is 2.30. The lowest BCUT2D eigenvalue weighted by molar-refractivity contribution is -0.139. The third-order valence-corrected chi connectivity index (χ3v) is 8.32. The molecule has 0 aliphatic heterocycles. The first-order valence-corrected chi connectivity index (χ1v) is 14.7. The molecule has 0 aliphatic rings. The standard InChI is InChI=1S/C29H33Cl2N3O4S/c1-19(2)32-29(36)22(5)33(17-23-10-6-20(3)7-11-23)28(35)18-34(26-15-24(30)14-25(31)16-26)39(37,38)27-12-8-21(4)9-13-27/h6-16,19,22H,17-18H2,1-5H3,(H,32,36)/t22-/m1/s1. The topological polar surface area (TPSA) is 86.8 Å². The largest absolute Gasteiger partial charge is 0.352 e. The lowest BCUT2D eigenvalue weighted by atomic mass is 10.1. The number of amides is 2. The number of nitrogens with one attached hydrogen (secondary N) is 1. The molecule has 1 atom stereocenters. The number of carbonyl (C=O) groups excluding carboxylic acids is 2. The molecule has 208 valence electrons. The fourth-order valence-corrected chi connectivity index (χ4v) is 5.84. The van der Waals surface area contributed by atoms with Crippen LogP contribution in [0.3, 0.4) is 0 Å². The average molecular weight is 591 g/mol. The molecule has 0 saturated carbocycles. The van der Waals surface area contributed by atoms with E-state index < -0.39 is 28.5 Å². The van der Waals surface area contributed by atoms with Gasteiger partial charge in [0.05, 0.1) is 10.6 Å². The molecular formula is C29H33Cl2N3O4S. The van der Waals surface area contributed by atoms with Crippen LogP contribution in [-0.4, -0.2) is 43.8 Å². The maximum absolute atomic E-state index is 13.9. The smallest absolute Gasteiger partial charge is 0.264 e. The van der Waals surface area contributed by atoms with Gasteiger partial charge in [0.1, 0.15) is 12.6 Å². The number of anilines is 1. The van der Waals surface area contributed by atoms with Crippen molar-refractivity contribution < 1.29 is 18.0 Å². The van der Waals surface area contributed by atoms with Crippen molar-refractivity contribution in [2.75, 3.05) is 10.8 Å². The van der Waals surface area contributed by atoms with E-state index in [4.69, 9.17) is 23.2 Å². The molecule has 0 saturated heterocycles.